The van der Waals surface area contributed by atoms with Crippen molar-refractivity contribution in [1.29, 1.82) is 0 Å². The van der Waals surface area contributed by atoms with Gasteiger partial charge >= 0.3 is 0 Å². The summed E-state index contributed by atoms with van der Waals surface area (Å²) in [6.07, 6.45) is 0. The molecule has 9 aromatic rings. The van der Waals surface area contributed by atoms with Gasteiger partial charge in [0, 0.05) is 53.6 Å². The Morgan fingerprint density at radius 2 is 1.13 bits per heavy atom. The minimum atomic E-state index is 1.08. The number of thiophene rings is 1. The third-order valence-electron chi connectivity index (χ3n) is 8.76. The molecular formula is C42H28N2S. The van der Waals surface area contributed by atoms with Crippen molar-refractivity contribution in [3.05, 3.63) is 164 Å². The van der Waals surface area contributed by atoms with Crippen LogP contribution in [0.1, 0.15) is 0 Å². The molecule has 0 unspecified atom stereocenters. The molecule has 0 saturated heterocycles. The molecule has 2 aromatic heterocycles. The highest BCUT2D eigenvalue weighted by Crippen LogP contribution is 2.42. The minimum Gasteiger partial charge on any atom is -0.355 e. The summed E-state index contributed by atoms with van der Waals surface area (Å²) in [5.74, 6) is 0. The first-order chi connectivity index (χ1) is 22.3. The number of para-hydroxylation sites is 3. The summed E-state index contributed by atoms with van der Waals surface area (Å²) in [5.41, 5.74) is 10.6. The maximum Gasteiger partial charge on any atom is 0.0548 e. The van der Waals surface area contributed by atoms with Crippen molar-refractivity contribution in [3.63, 3.8) is 0 Å². The minimum absolute atomic E-state index is 1.08. The van der Waals surface area contributed by atoms with Gasteiger partial charge in [-0.3, -0.25) is 0 Å². The summed E-state index contributed by atoms with van der Waals surface area (Å²) in [7, 11) is 0. The number of nitrogens with zero attached hydrogens (tertiary/aromatic N) is 1. The Kier molecular flexibility index (Phi) is 6.03. The Bertz CT molecular complexity index is 2510. The van der Waals surface area contributed by atoms with Crippen LogP contribution in [-0.2, 0) is 0 Å². The number of aromatic nitrogens is 1. The van der Waals surface area contributed by atoms with Crippen LogP contribution in [0.2, 0.25) is 0 Å². The average molecular weight is 593 g/mol. The zero-order chi connectivity index (χ0) is 29.7. The van der Waals surface area contributed by atoms with E-state index >= 15 is 0 Å². The van der Waals surface area contributed by atoms with E-state index in [1.165, 1.54) is 69.9 Å². The van der Waals surface area contributed by atoms with Gasteiger partial charge in [-0.15, -0.1) is 11.3 Å². The SMILES string of the molecule is c1ccc(Nc2ccccc2-c2cccc(-c3ccc4c(c3)c3cc5sc6ccccc6c5cc3n4-c3ccccc3)c2)cc1. The molecule has 0 amide bonds. The van der Waals surface area contributed by atoms with Crippen LogP contribution < -0.4 is 5.32 Å². The standard InChI is InChI=1S/C42H28N2S/c1-3-14-31(15-4-1)43-38-20-9-7-18-33(38)30-13-11-12-28(24-30)29-22-23-39-35(25-29)36-27-42-37(34-19-8-10-21-41(34)45-42)26-40(36)44(39)32-16-5-2-6-17-32/h1-27,43H. The van der Waals surface area contributed by atoms with Crippen LogP contribution in [0.15, 0.2) is 164 Å². The molecule has 0 atom stereocenters. The van der Waals surface area contributed by atoms with Crippen LogP contribution in [-0.4, -0.2) is 4.57 Å². The number of benzene rings is 7. The molecule has 7 aromatic carbocycles. The predicted molar refractivity (Wildman–Crippen MR) is 194 cm³/mol. The third kappa shape index (κ3) is 4.40. The van der Waals surface area contributed by atoms with E-state index in [9.17, 15) is 0 Å². The van der Waals surface area contributed by atoms with E-state index in [2.05, 4.69) is 168 Å². The van der Waals surface area contributed by atoms with E-state index in [0.29, 0.717) is 0 Å². The molecule has 0 saturated carbocycles. The second-order valence-electron chi connectivity index (χ2n) is 11.5. The van der Waals surface area contributed by atoms with E-state index < -0.39 is 0 Å². The first-order valence-electron chi connectivity index (χ1n) is 15.3. The van der Waals surface area contributed by atoms with Crippen molar-refractivity contribution in [2.45, 2.75) is 0 Å². The van der Waals surface area contributed by atoms with Gasteiger partial charge in [0.25, 0.3) is 0 Å². The molecule has 0 fully saturated rings. The number of hydrogen-bond donors (Lipinski definition) is 1. The molecule has 2 nitrogen and oxygen atoms in total. The lowest BCUT2D eigenvalue weighted by molar-refractivity contribution is 1.18. The van der Waals surface area contributed by atoms with Crippen molar-refractivity contribution in [2.24, 2.45) is 0 Å². The highest BCUT2D eigenvalue weighted by Gasteiger charge is 2.17. The van der Waals surface area contributed by atoms with E-state index in [4.69, 9.17) is 0 Å². The highest BCUT2D eigenvalue weighted by atomic mass is 32.1. The molecule has 9 rings (SSSR count). The second-order valence-corrected chi connectivity index (χ2v) is 12.6. The van der Waals surface area contributed by atoms with Gasteiger partial charge in [-0.1, -0.05) is 97.1 Å². The normalized spacial score (nSPS) is 11.6. The molecule has 45 heavy (non-hydrogen) atoms. The van der Waals surface area contributed by atoms with Gasteiger partial charge in [-0.2, -0.15) is 0 Å². The average Bonchev–Trinajstić information content (AvgIpc) is 3.63. The third-order valence-corrected chi connectivity index (χ3v) is 9.90. The fraction of sp³-hybridized carbons (Fsp3) is 0. The fourth-order valence-corrected chi connectivity index (χ4v) is 7.79. The Morgan fingerprint density at radius 3 is 2.02 bits per heavy atom. The molecule has 0 aliphatic rings. The Labute approximate surface area is 265 Å². The maximum absolute atomic E-state index is 3.62. The first-order valence-corrected chi connectivity index (χ1v) is 16.1. The molecule has 2 heterocycles. The smallest absolute Gasteiger partial charge is 0.0548 e. The molecule has 212 valence electrons. The summed E-state index contributed by atoms with van der Waals surface area (Å²) < 4.78 is 5.07. The lowest BCUT2D eigenvalue weighted by atomic mass is 9.97. The van der Waals surface area contributed by atoms with Gasteiger partial charge in [0.05, 0.1) is 11.0 Å². The Hall–Kier alpha value is -5.64. The van der Waals surface area contributed by atoms with Gasteiger partial charge < -0.3 is 9.88 Å². The molecule has 0 radical (unpaired) electrons. The van der Waals surface area contributed by atoms with Crippen LogP contribution in [0.25, 0.3) is 69.9 Å². The number of rotatable bonds is 5. The zero-order valence-electron chi connectivity index (χ0n) is 24.4. The van der Waals surface area contributed by atoms with Crippen LogP contribution >= 0.6 is 11.3 Å². The van der Waals surface area contributed by atoms with Crippen molar-refractivity contribution in [3.8, 4) is 27.9 Å². The number of hydrogen-bond acceptors (Lipinski definition) is 2. The predicted octanol–water partition coefficient (Wildman–Crippen LogP) is 12.2. The number of anilines is 2. The summed E-state index contributed by atoms with van der Waals surface area (Å²) in [6, 6.07) is 59.0. The zero-order valence-corrected chi connectivity index (χ0v) is 25.3. The molecule has 0 bridgehead atoms. The molecule has 0 spiro atoms. The molecular weight excluding hydrogens is 565 g/mol. The quantitative estimate of drug-likeness (QED) is 0.210. The lowest BCUT2D eigenvalue weighted by Crippen LogP contribution is -1.93. The molecule has 3 heteroatoms. The van der Waals surface area contributed by atoms with Crippen LogP contribution in [0.3, 0.4) is 0 Å². The van der Waals surface area contributed by atoms with Gasteiger partial charge in [0.2, 0.25) is 0 Å². The monoisotopic (exact) mass is 592 g/mol. The van der Waals surface area contributed by atoms with Crippen molar-refractivity contribution < 1.29 is 0 Å². The van der Waals surface area contributed by atoms with Crippen molar-refractivity contribution >= 4 is 64.7 Å². The van der Waals surface area contributed by atoms with Crippen LogP contribution in [0, 0.1) is 0 Å². The highest BCUT2D eigenvalue weighted by molar-refractivity contribution is 7.25. The van der Waals surface area contributed by atoms with E-state index in [1.807, 2.05) is 17.4 Å². The van der Waals surface area contributed by atoms with Gasteiger partial charge in [0.15, 0.2) is 0 Å². The Morgan fingerprint density at radius 1 is 0.422 bits per heavy atom. The summed E-state index contributed by atoms with van der Waals surface area (Å²) >= 11 is 1.88. The first kappa shape index (κ1) is 25.8. The van der Waals surface area contributed by atoms with Crippen LogP contribution in [0.5, 0.6) is 0 Å². The lowest BCUT2D eigenvalue weighted by Gasteiger charge is -2.13. The maximum atomic E-state index is 3.62. The topological polar surface area (TPSA) is 17.0 Å². The molecule has 1 N–H and O–H groups in total. The fourth-order valence-electron chi connectivity index (χ4n) is 6.66. The number of fused-ring (bicyclic) bond motifs is 6. The van der Waals surface area contributed by atoms with Gasteiger partial charge in [-0.05, 0) is 83.4 Å². The molecule has 0 aliphatic heterocycles. The van der Waals surface area contributed by atoms with E-state index in [-0.39, 0.29) is 0 Å². The van der Waals surface area contributed by atoms with Crippen LogP contribution in [0.4, 0.5) is 11.4 Å². The number of nitrogens with one attached hydrogen (secondary N) is 1. The summed E-state index contributed by atoms with van der Waals surface area (Å²) in [6.45, 7) is 0. The second kappa shape index (κ2) is 10.5. The van der Waals surface area contributed by atoms with Gasteiger partial charge in [-0.25, -0.2) is 0 Å². The largest absolute Gasteiger partial charge is 0.355 e. The van der Waals surface area contributed by atoms with E-state index in [1.54, 1.807) is 0 Å². The van der Waals surface area contributed by atoms with Gasteiger partial charge in [0.1, 0.15) is 0 Å². The summed E-state index contributed by atoms with van der Waals surface area (Å²) in [5, 5.41) is 8.80. The van der Waals surface area contributed by atoms with E-state index in [0.717, 1.165) is 11.4 Å². The van der Waals surface area contributed by atoms with Crippen molar-refractivity contribution in [1.82, 2.24) is 4.57 Å². The van der Waals surface area contributed by atoms with Crippen molar-refractivity contribution in [2.75, 3.05) is 5.32 Å². The summed E-state index contributed by atoms with van der Waals surface area (Å²) in [4.78, 5) is 0. The Balaban J connectivity index is 1.22. The molecule has 0 aliphatic carbocycles.